The number of hydrogen-bond acceptors (Lipinski definition) is 6. The second-order valence-electron chi connectivity index (χ2n) is 4.04. The van der Waals surface area contributed by atoms with E-state index in [4.69, 9.17) is 5.11 Å². The number of rotatable bonds is 6. The molecule has 0 unspecified atom stereocenters. The summed E-state index contributed by atoms with van der Waals surface area (Å²) in [6.45, 7) is 3.44. The highest BCUT2D eigenvalue weighted by molar-refractivity contribution is 7.92. The van der Waals surface area contributed by atoms with E-state index in [2.05, 4.69) is 9.46 Å². The van der Waals surface area contributed by atoms with Crippen molar-refractivity contribution < 1.29 is 27.9 Å². The van der Waals surface area contributed by atoms with E-state index in [1.165, 1.54) is 7.11 Å². The molecule has 0 saturated carbocycles. The van der Waals surface area contributed by atoms with E-state index in [1.807, 2.05) is 0 Å². The minimum atomic E-state index is -3.83. The Balaban J connectivity index is 3.06. The van der Waals surface area contributed by atoms with Crippen molar-refractivity contribution in [2.75, 3.05) is 17.6 Å². The Bertz CT molecular complexity index is 632. The number of methoxy groups -OCH3 is 1. The van der Waals surface area contributed by atoms with Crippen LogP contribution in [-0.2, 0) is 19.6 Å². The molecule has 2 N–H and O–H groups in total. The first-order chi connectivity index (χ1) is 9.18. The number of carbonyl (C=O) groups is 2. The molecule has 0 radical (unpaired) electrons. The van der Waals surface area contributed by atoms with Crippen molar-refractivity contribution in [1.82, 2.24) is 0 Å². The molecule has 0 atom stereocenters. The van der Waals surface area contributed by atoms with Gasteiger partial charge < -0.3 is 9.84 Å². The van der Waals surface area contributed by atoms with Crippen molar-refractivity contribution >= 4 is 38.3 Å². The Morgan fingerprint density at radius 2 is 1.95 bits per heavy atom. The van der Waals surface area contributed by atoms with Gasteiger partial charge in [0.25, 0.3) is 0 Å². The van der Waals surface area contributed by atoms with E-state index >= 15 is 0 Å². The predicted octanol–water partition coefficient (Wildman–Crippen LogP) is 1.37. The van der Waals surface area contributed by atoms with Gasteiger partial charge in [-0.25, -0.2) is 13.2 Å². The first-order valence-corrected chi connectivity index (χ1v) is 8.05. The maximum absolute atomic E-state index is 11.8. The average molecular weight is 321 g/mol. The van der Waals surface area contributed by atoms with Gasteiger partial charge in [0.05, 0.1) is 24.8 Å². The molecule has 0 aliphatic rings. The zero-order valence-electron chi connectivity index (χ0n) is 11.2. The van der Waals surface area contributed by atoms with E-state index in [0.717, 1.165) is 16.2 Å². The van der Waals surface area contributed by atoms with E-state index in [-0.39, 0.29) is 10.6 Å². The number of aliphatic carboxylic acids is 1. The fourth-order valence-electron chi connectivity index (χ4n) is 1.46. The lowest BCUT2D eigenvalue weighted by Gasteiger charge is -2.07. The molecule has 0 bridgehead atoms. The van der Waals surface area contributed by atoms with Crippen LogP contribution in [0.15, 0.2) is 0 Å². The fourth-order valence-corrected chi connectivity index (χ4v) is 3.84. The maximum atomic E-state index is 11.8. The van der Waals surface area contributed by atoms with Crippen LogP contribution >= 0.6 is 11.3 Å². The zero-order chi connectivity index (χ0) is 15.5. The van der Waals surface area contributed by atoms with Crippen molar-refractivity contribution in [2.45, 2.75) is 20.3 Å². The molecule has 20 heavy (non-hydrogen) atoms. The van der Waals surface area contributed by atoms with Crippen LogP contribution in [0.25, 0.3) is 0 Å². The summed E-state index contributed by atoms with van der Waals surface area (Å²) in [4.78, 5) is 22.9. The quantitative estimate of drug-likeness (QED) is 0.766. The molecule has 0 aromatic carbocycles. The number of carbonyl (C=O) groups excluding carboxylic acids is 1. The molecule has 1 rings (SSSR count). The molecule has 0 aliphatic carbocycles. The number of sulfonamides is 1. The molecule has 9 heteroatoms. The molecule has 0 amide bonds. The molecule has 112 valence electrons. The second kappa shape index (κ2) is 6.23. The van der Waals surface area contributed by atoms with Crippen LogP contribution in [0.5, 0.6) is 0 Å². The molecule has 0 spiro atoms. The first-order valence-electron chi connectivity index (χ1n) is 5.58. The van der Waals surface area contributed by atoms with Gasteiger partial charge in [0.1, 0.15) is 5.00 Å². The van der Waals surface area contributed by atoms with Crippen LogP contribution in [0, 0.1) is 13.8 Å². The van der Waals surface area contributed by atoms with Crippen LogP contribution in [0.2, 0.25) is 0 Å². The van der Waals surface area contributed by atoms with E-state index in [0.29, 0.717) is 5.56 Å². The lowest BCUT2D eigenvalue weighted by atomic mass is 10.2. The summed E-state index contributed by atoms with van der Waals surface area (Å²) in [6, 6.07) is 0. The predicted molar refractivity (Wildman–Crippen MR) is 74.8 cm³/mol. The monoisotopic (exact) mass is 321 g/mol. The van der Waals surface area contributed by atoms with Gasteiger partial charge in [-0.2, -0.15) is 0 Å². The van der Waals surface area contributed by atoms with Gasteiger partial charge in [-0.15, -0.1) is 11.3 Å². The summed E-state index contributed by atoms with van der Waals surface area (Å²) in [5.74, 6) is -2.40. The van der Waals surface area contributed by atoms with E-state index in [1.54, 1.807) is 13.8 Å². The number of carboxylic acids is 1. The number of thiophene rings is 1. The Morgan fingerprint density at radius 3 is 2.45 bits per heavy atom. The van der Waals surface area contributed by atoms with Crippen molar-refractivity contribution in [2.24, 2.45) is 0 Å². The number of hydrogen-bond donors (Lipinski definition) is 2. The SMILES string of the molecule is COC(=O)c1c(NS(=O)(=O)CCC(=O)O)sc(C)c1C. The molecular weight excluding hydrogens is 306 g/mol. The van der Waals surface area contributed by atoms with Gasteiger partial charge in [-0.3, -0.25) is 9.52 Å². The van der Waals surface area contributed by atoms with Gasteiger partial charge in [0.15, 0.2) is 0 Å². The topological polar surface area (TPSA) is 110 Å². The van der Waals surface area contributed by atoms with Crippen molar-refractivity contribution in [3.63, 3.8) is 0 Å². The van der Waals surface area contributed by atoms with Crippen molar-refractivity contribution in [3.8, 4) is 0 Å². The lowest BCUT2D eigenvalue weighted by molar-refractivity contribution is -0.136. The van der Waals surface area contributed by atoms with Gasteiger partial charge >= 0.3 is 11.9 Å². The maximum Gasteiger partial charge on any atom is 0.341 e. The Labute approximate surface area is 120 Å². The summed E-state index contributed by atoms with van der Waals surface area (Å²) in [7, 11) is -2.62. The standard InChI is InChI=1S/C11H15NO6S2/c1-6-7(2)19-10(9(6)11(15)18-3)12-20(16,17)5-4-8(13)14/h12H,4-5H2,1-3H3,(H,13,14). The van der Waals surface area contributed by atoms with Crippen LogP contribution in [0.3, 0.4) is 0 Å². The minimum Gasteiger partial charge on any atom is -0.481 e. The summed E-state index contributed by atoms with van der Waals surface area (Å²) >= 11 is 1.11. The second-order valence-corrected chi connectivity index (χ2v) is 7.11. The minimum absolute atomic E-state index is 0.150. The molecule has 0 fully saturated rings. The van der Waals surface area contributed by atoms with Crippen LogP contribution in [0.4, 0.5) is 5.00 Å². The molecule has 0 aliphatic heterocycles. The summed E-state index contributed by atoms with van der Waals surface area (Å²) in [5, 5.41) is 8.66. The highest BCUT2D eigenvalue weighted by Crippen LogP contribution is 2.33. The van der Waals surface area contributed by atoms with Gasteiger partial charge in [-0.05, 0) is 19.4 Å². The number of nitrogens with one attached hydrogen (secondary N) is 1. The number of anilines is 1. The van der Waals surface area contributed by atoms with Crippen LogP contribution < -0.4 is 4.72 Å². The zero-order valence-corrected chi connectivity index (χ0v) is 12.9. The first kappa shape index (κ1) is 16.4. The molecular formula is C11H15NO6S2. The third-order valence-electron chi connectivity index (χ3n) is 2.61. The Morgan fingerprint density at radius 1 is 1.35 bits per heavy atom. The van der Waals surface area contributed by atoms with Crippen LogP contribution in [0.1, 0.15) is 27.2 Å². The van der Waals surface area contributed by atoms with Crippen molar-refractivity contribution in [1.29, 1.82) is 0 Å². The lowest BCUT2D eigenvalue weighted by Crippen LogP contribution is -2.19. The molecule has 1 aromatic rings. The highest BCUT2D eigenvalue weighted by Gasteiger charge is 2.23. The van der Waals surface area contributed by atoms with Crippen molar-refractivity contribution in [3.05, 3.63) is 16.0 Å². The van der Waals surface area contributed by atoms with Gasteiger partial charge in [-0.1, -0.05) is 0 Å². The van der Waals surface area contributed by atoms with E-state index < -0.39 is 34.1 Å². The summed E-state index contributed by atoms with van der Waals surface area (Å²) < 4.78 is 30.4. The molecule has 7 nitrogen and oxygen atoms in total. The Hall–Kier alpha value is -1.61. The van der Waals surface area contributed by atoms with E-state index in [9.17, 15) is 18.0 Å². The number of carboxylic acid groups (broad SMARTS) is 1. The molecule has 1 heterocycles. The fraction of sp³-hybridized carbons (Fsp3) is 0.455. The number of ether oxygens (including phenoxy) is 1. The Kier molecular flexibility index (Phi) is 5.12. The van der Waals surface area contributed by atoms with Gasteiger partial charge in [0.2, 0.25) is 10.0 Å². The number of esters is 1. The molecule has 1 aromatic heterocycles. The van der Waals surface area contributed by atoms with Crippen LogP contribution in [-0.4, -0.2) is 38.3 Å². The largest absolute Gasteiger partial charge is 0.481 e. The average Bonchev–Trinajstić information content (AvgIpc) is 2.61. The molecule has 0 saturated heterocycles. The summed E-state index contributed by atoms with van der Waals surface area (Å²) in [5.41, 5.74) is 0.798. The van der Waals surface area contributed by atoms with Gasteiger partial charge in [0, 0.05) is 4.88 Å². The third kappa shape index (κ3) is 3.94. The summed E-state index contributed by atoms with van der Waals surface area (Å²) in [6.07, 6.45) is -0.508. The highest BCUT2D eigenvalue weighted by atomic mass is 32.2. The smallest absolute Gasteiger partial charge is 0.341 e. The number of aryl methyl sites for hydroxylation is 1. The third-order valence-corrected chi connectivity index (χ3v) is 5.12. The normalized spacial score (nSPS) is 11.2.